The van der Waals surface area contributed by atoms with Crippen molar-refractivity contribution in [2.45, 2.75) is 32.9 Å². The van der Waals surface area contributed by atoms with Crippen LogP contribution in [0.5, 0.6) is 0 Å². The molecule has 2 atom stereocenters. The zero-order valence-corrected chi connectivity index (χ0v) is 12.2. The Hall–Kier alpha value is -0.770. The summed E-state index contributed by atoms with van der Waals surface area (Å²) >= 11 is 5.62. The zero-order chi connectivity index (χ0) is 13.1. The number of aryl methyl sites for hydroxylation is 1. The minimum absolute atomic E-state index is 0.300. The maximum absolute atomic E-state index is 5.62. The molecule has 0 spiro atoms. The number of morpholine rings is 1. The summed E-state index contributed by atoms with van der Waals surface area (Å²) in [5, 5.41) is 0. The van der Waals surface area contributed by atoms with E-state index in [0.717, 1.165) is 24.6 Å². The maximum atomic E-state index is 5.62. The molecule has 1 aromatic carbocycles. The van der Waals surface area contributed by atoms with Crippen molar-refractivity contribution in [3.8, 4) is 0 Å². The van der Waals surface area contributed by atoms with E-state index in [1.54, 1.807) is 0 Å². The van der Waals surface area contributed by atoms with E-state index in [9.17, 15) is 0 Å². The van der Waals surface area contributed by atoms with Crippen LogP contribution in [0.3, 0.4) is 0 Å². The first-order chi connectivity index (χ1) is 8.58. The van der Waals surface area contributed by atoms with E-state index < -0.39 is 0 Å². The molecule has 1 saturated heterocycles. The smallest absolute Gasteiger partial charge is 0.0674 e. The molecule has 0 amide bonds. The summed E-state index contributed by atoms with van der Waals surface area (Å²) < 4.78 is 5.57. The Kier molecular flexibility index (Phi) is 4.49. The first kappa shape index (κ1) is 13.7. The number of thiocarbonyl (C=S) groups is 1. The van der Waals surface area contributed by atoms with Gasteiger partial charge in [0.15, 0.2) is 0 Å². The van der Waals surface area contributed by atoms with Crippen molar-refractivity contribution in [2.24, 2.45) is 0 Å². The Morgan fingerprint density at radius 2 is 2.06 bits per heavy atom. The molecular weight excluding hydrogens is 242 g/mol. The molecule has 18 heavy (non-hydrogen) atoms. The van der Waals surface area contributed by atoms with Crippen LogP contribution in [0.2, 0.25) is 0 Å². The van der Waals surface area contributed by atoms with Crippen molar-refractivity contribution in [2.75, 3.05) is 19.7 Å². The van der Waals surface area contributed by atoms with E-state index in [2.05, 4.69) is 49.9 Å². The Labute approximate surface area is 115 Å². The summed E-state index contributed by atoms with van der Waals surface area (Å²) in [6.45, 7) is 9.15. The van der Waals surface area contributed by atoms with Crippen LogP contribution in [0.1, 0.15) is 25.0 Å². The van der Waals surface area contributed by atoms with Crippen LogP contribution in [0.25, 0.3) is 0 Å². The van der Waals surface area contributed by atoms with Gasteiger partial charge in [-0.2, -0.15) is 0 Å². The highest BCUT2D eigenvalue weighted by atomic mass is 32.1. The highest BCUT2D eigenvalue weighted by Gasteiger charge is 2.24. The number of hydrogen-bond acceptors (Lipinski definition) is 3. The van der Waals surface area contributed by atoms with Gasteiger partial charge in [-0.1, -0.05) is 42.0 Å². The summed E-state index contributed by atoms with van der Waals surface area (Å²) in [6.07, 6.45) is 0.307. The molecule has 0 bridgehead atoms. The standard InChI is InChI=1S/C15H21NOS/c1-11-4-6-14(7-5-11)15(18)13(3)16-8-9-17-12(2)10-16/h4-7,12-13H,8-10H2,1-3H3. The fourth-order valence-electron chi connectivity index (χ4n) is 2.32. The van der Waals surface area contributed by atoms with Gasteiger partial charge in [-0.25, -0.2) is 0 Å². The molecule has 0 saturated carbocycles. The van der Waals surface area contributed by atoms with Gasteiger partial charge in [-0.05, 0) is 26.3 Å². The molecule has 3 heteroatoms. The molecule has 2 rings (SSSR count). The average Bonchev–Trinajstić information content (AvgIpc) is 2.38. The van der Waals surface area contributed by atoms with E-state index in [4.69, 9.17) is 17.0 Å². The van der Waals surface area contributed by atoms with Crippen LogP contribution in [0.15, 0.2) is 24.3 Å². The molecule has 0 radical (unpaired) electrons. The van der Waals surface area contributed by atoms with E-state index in [0.29, 0.717) is 12.1 Å². The van der Waals surface area contributed by atoms with Crippen molar-refractivity contribution in [3.63, 3.8) is 0 Å². The van der Waals surface area contributed by atoms with Gasteiger partial charge < -0.3 is 4.74 Å². The topological polar surface area (TPSA) is 12.5 Å². The molecule has 98 valence electrons. The van der Waals surface area contributed by atoms with E-state index in [-0.39, 0.29) is 0 Å². The summed E-state index contributed by atoms with van der Waals surface area (Å²) in [6, 6.07) is 8.79. The third kappa shape index (κ3) is 3.16. The molecule has 0 aromatic heterocycles. The van der Waals surface area contributed by atoms with Crippen molar-refractivity contribution < 1.29 is 4.74 Å². The van der Waals surface area contributed by atoms with Gasteiger partial charge >= 0.3 is 0 Å². The number of nitrogens with zero attached hydrogens (tertiary/aromatic N) is 1. The third-order valence-electron chi connectivity index (χ3n) is 3.54. The molecule has 1 aliphatic heterocycles. The fraction of sp³-hybridized carbons (Fsp3) is 0.533. The summed E-state index contributed by atoms with van der Waals surface area (Å²) in [5.41, 5.74) is 2.44. The monoisotopic (exact) mass is 263 g/mol. The lowest BCUT2D eigenvalue weighted by Gasteiger charge is -2.35. The van der Waals surface area contributed by atoms with E-state index in [1.807, 2.05) is 0 Å². The van der Waals surface area contributed by atoms with Gasteiger partial charge in [0.1, 0.15) is 0 Å². The Balaban J connectivity index is 2.06. The Morgan fingerprint density at radius 3 is 2.67 bits per heavy atom. The van der Waals surface area contributed by atoms with Gasteiger partial charge in [-0.3, -0.25) is 4.90 Å². The second kappa shape index (κ2) is 5.91. The minimum atomic E-state index is 0.300. The summed E-state index contributed by atoms with van der Waals surface area (Å²) in [7, 11) is 0. The Morgan fingerprint density at radius 1 is 1.39 bits per heavy atom. The third-order valence-corrected chi connectivity index (χ3v) is 4.11. The number of hydrogen-bond donors (Lipinski definition) is 0. The quantitative estimate of drug-likeness (QED) is 0.614. The van der Waals surface area contributed by atoms with Crippen LogP contribution >= 0.6 is 12.2 Å². The molecule has 0 N–H and O–H groups in total. The highest BCUT2D eigenvalue weighted by Crippen LogP contribution is 2.15. The van der Waals surface area contributed by atoms with Gasteiger partial charge in [-0.15, -0.1) is 0 Å². The predicted molar refractivity (Wildman–Crippen MR) is 79.3 cm³/mol. The lowest BCUT2D eigenvalue weighted by Crippen LogP contribution is -2.48. The normalized spacial score (nSPS) is 22.7. The molecule has 1 heterocycles. The zero-order valence-electron chi connectivity index (χ0n) is 11.3. The van der Waals surface area contributed by atoms with E-state index >= 15 is 0 Å². The largest absolute Gasteiger partial charge is 0.376 e. The van der Waals surface area contributed by atoms with Gasteiger partial charge in [0.05, 0.1) is 12.7 Å². The van der Waals surface area contributed by atoms with Gasteiger partial charge in [0, 0.05) is 24.0 Å². The van der Waals surface area contributed by atoms with Crippen molar-refractivity contribution >= 4 is 17.1 Å². The number of ether oxygens (including phenoxy) is 1. The predicted octanol–water partition coefficient (Wildman–Crippen LogP) is 2.82. The van der Waals surface area contributed by atoms with Crippen molar-refractivity contribution in [1.82, 2.24) is 4.90 Å². The van der Waals surface area contributed by atoms with E-state index in [1.165, 1.54) is 11.1 Å². The van der Waals surface area contributed by atoms with Crippen LogP contribution in [0.4, 0.5) is 0 Å². The minimum Gasteiger partial charge on any atom is -0.376 e. The van der Waals surface area contributed by atoms with Crippen LogP contribution < -0.4 is 0 Å². The highest BCUT2D eigenvalue weighted by molar-refractivity contribution is 7.81. The number of benzene rings is 1. The van der Waals surface area contributed by atoms with Crippen LogP contribution in [-0.4, -0.2) is 41.6 Å². The van der Waals surface area contributed by atoms with Crippen LogP contribution in [0, 0.1) is 6.92 Å². The van der Waals surface area contributed by atoms with Gasteiger partial charge in [0.2, 0.25) is 0 Å². The average molecular weight is 263 g/mol. The SMILES string of the molecule is Cc1ccc(C(=S)C(C)N2CCOC(C)C2)cc1. The lowest BCUT2D eigenvalue weighted by atomic mass is 10.0. The molecule has 1 aliphatic rings. The number of rotatable bonds is 3. The van der Waals surface area contributed by atoms with Gasteiger partial charge in [0.25, 0.3) is 0 Å². The van der Waals surface area contributed by atoms with Crippen molar-refractivity contribution in [1.29, 1.82) is 0 Å². The summed E-state index contributed by atoms with van der Waals surface area (Å²) in [4.78, 5) is 3.44. The Bertz CT molecular complexity index is 415. The lowest BCUT2D eigenvalue weighted by molar-refractivity contribution is -0.0226. The van der Waals surface area contributed by atoms with Crippen LogP contribution in [-0.2, 0) is 4.74 Å². The fourth-order valence-corrected chi connectivity index (χ4v) is 2.61. The second-order valence-corrected chi connectivity index (χ2v) is 5.52. The molecule has 2 unspecified atom stereocenters. The molecule has 1 aromatic rings. The molecule has 0 aliphatic carbocycles. The summed E-state index contributed by atoms with van der Waals surface area (Å²) in [5.74, 6) is 0. The second-order valence-electron chi connectivity index (χ2n) is 5.08. The molecule has 2 nitrogen and oxygen atoms in total. The first-order valence-electron chi connectivity index (χ1n) is 6.54. The van der Waals surface area contributed by atoms with Crippen molar-refractivity contribution in [3.05, 3.63) is 35.4 Å². The molecule has 1 fully saturated rings. The first-order valence-corrected chi connectivity index (χ1v) is 6.95. The maximum Gasteiger partial charge on any atom is 0.0674 e. The molecular formula is C15H21NOS.